The molecule has 2 aliphatic rings. The van der Waals surface area contributed by atoms with Crippen LogP contribution in [0.1, 0.15) is 59.3 Å². The van der Waals surface area contributed by atoms with Gasteiger partial charge >= 0.3 is 0 Å². The number of nitrogens with zero attached hydrogens (tertiary/aromatic N) is 2. The first kappa shape index (κ1) is 14.8. The summed E-state index contributed by atoms with van der Waals surface area (Å²) in [5.74, 6) is 1.87. The quantitative estimate of drug-likeness (QED) is 0.785. The molecule has 5 nitrogen and oxygen atoms in total. The van der Waals surface area contributed by atoms with Crippen LogP contribution in [0.2, 0.25) is 0 Å². The zero-order chi connectivity index (χ0) is 16.8. The highest BCUT2D eigenvalue weighted by molar-refractivity contribution is 5.92. The molecule has 128 valence electrons. The number of amides is 1. The summed E-state index contributed by atoms with van der Waals surface area (Å²) in [6, 6.07) is 10.3. The van der Waals surface area contributed by atoms with Gasteiger partial charge in [0.1, 0.15) is 5.76 Å². The van der Waals surface area contributed by atoms with Crippen molar-refractivity contribution in [3.63, 3.8) is 0 Å². The Kier molecular flexibility index (Phi) is 3.40. The van der Waals surface area contributed by atoms with Gasteiger partial charge in [-0.2, -0.15) is 0 Å². The maximum Gasteiger partial charge on any atom is 0.276 e. The summed E-state index contributed by atoms with van der Waals surface area (Å²) < 4.78 is 5.33. The fourth-order valence-electron chi connectivity index (χ4n) is 3.94. The van der Waals surface area contributed by atoms with Crippen LogP contribution in [-0.4, -0.2) is 34.0 Å². The number of hydrogen-bond acceptors (Lipinski definition) is 3. The minimum atomic E-state index is 0.00743. The molecule has 3 heterocycles. The monoisotopic (exact) mass is 335 g/mol. The molecule has 0 spiro atoms. The Bertz CT molecular complexity index is 914. The van der Waals surface area contributed by atoms with Crippen molar-refractivity contribution in [2.45, 2.75) is 37.5 Å². The van der Waals surface area contributed by atoms with Crippen LogP contribution in [0.25, 0.3) is 10.9 Å². The van der Waals surface area contributed by atoms with Gasteiger partial charge in [0.15, 0.2) is 5.69 Å². The summed E-state index contributed by atoms with van der Waals surface area (Å²) in [6.07, 6.45) is 6.41. The molecule has 1 aliphatic carbocycles. The molecular formula is C20H21N3O2. The Balaban J connectivity index is 1.28. The summed E-state index contributed by atoms with van der Waals surface area (Å²) >= 11 is 0. The standard InChI is InChI=1S/C20H21N3O2/c24-20(18-11-19(25-22-18)14-5-6-14)23-9-7-13(8-10-23)16-12-21-17-4-2-1-3-15(16)17/h1-4,11-14,21H,5-10H2. The third-order valence-electron chi connectivity index (χ3n) is 5.57. The molecule has 0 atom stereocenters. The molecule has 3 aromatic rings. The van der Waals surface area contributed by atoms with Gasteiger partial charge in [-0.05, 0) is 43.2 Å². The van der Waals surface area contributed by atoms with Crippen molar-refractivity contribution in [1.29, 1.82) is 0 Å². The molecule has 1 aromatic carbocycles. The number of piperidine rings is 1. The molecule has 5 heteroatoms. The number of rotatable bonds is 3. The van der Waals surface area contributed by atoms with Crippen LogP contribution in [-0.2, 0) is 0 Å². The Morgan fingerprint density at radius 1 is 1.12 bits per heavy atom. The Labute approximate surface area is 146 Å². The zero-order valence-electron chi connectivity index (χ0n) is 14.1. The lowest BCUT2D eigenvalue weighted by Gasteiger charge is -2.31. The van der Waals surface area contributed by atoms with Crippen molar-refractivity contribution in [3.8, 4) is 0 Å². The van der Waals surface area contributed by atoms with Crippen LogP contribution in [0.15, 0.2) is 41.1 Å². The molecule has 1 N–H and O–H groups in total. The number of H-pyrrole nitrogens is 1. The highest BCUT2D eigenvalue weighted by Gasteiger charge is 2.31. The minimum Gasteiger partial charge on any atom is -0.361 e. The molecule has 1 aliphatic heterocycles. The Morgan fingerprint density at radius 3 is 2.72 bits per heavy atom. The fraction of sp³-hybridized carbons (Fsp3) is 0.400. The molecule has 1 amide bonds. The maximum absolute atomic E-state index is 12.7. The highest BCUT2D eigenvalue weighted by Crippen LogP contribution is 2.40. The van der Waals surface area contributed by atoms with Crippen molar-refractivity contribution >= 4 is 16.8 Å². The van der Waals surface area contributed by atoms with Crippen molar-refractivity contribution in [3.05, 3.63) is 53.5 Å². The molecule has 0 bridgehead atoms. The molecule has 0 unspecified atom stereocenters. The summed E-state index contributed by atoms with van der Waals surface area (Å²) in [5.41, 5.74) is 3.03. The van der Waals surface area contributed by atoms with E-state index < -0.39 is 0 Å². The van der Waals surface area contributed by atoms with Gasteiger partial charge in [-0.15, -0.1) is 0 Å². The Hall–Kier alpha value is -2.56. The molecular weight excluding hydrogens is 314 g/mol. The highest BCUT2D eigenvalue weighted by atomic mass is 16.5. The first-order chi connectivity index (χ1) is 12.3. The van der Waals surface area contributed by atoms with Gasteiger partial charge in [0.25, 0.3) is 5.91 Å². The number of hydrogen-bond donors (Lipinski definition) is 1. The minimum absolute atomic E-state index is 0.00743. The first-order valence-electron chi connectivity index (χ1n) is 9.11. The number of fused-ring (bicyclic) bond motifs is 1. The molecule has 0 radical (unpaired) electrons. The fourth-order valence-corrected chi connectivity index (χ4v) is 3.94. The number of para-hydroxylation sites is 1. The molecule has 1 saturated heterocycles. The number of carbonyl (C=O) groups excluding carboxylic acids is 1. The molecule has 5 rings (SSSR count). The van der Waals surface area contributed by atoms with Gasteiger partial charge in [0, 0.05) is 42.2 Å². The second-order valence-electron chi connectivity index (χ2n) is 7.24. The molecule has 2 fully saturated rings. The van der Waals surface area contributed by atoms with Gasteiger partial charge in [0.05, 0.1) is 0 Å². The third-order valence-corrected chi connectivity index (χ3v) is 5.57. The number of aromatic amines is 1. The zero-order valence-corrected chi connectivity index (χ0v) is 14.1. The lowest BCUT2D eigenvalue weighted by Crippen LogP contribution is -2.38. The lowest BCUT2D eigenvalue weighted by atomic mass is 9.89. The van der Waals surface area contributed by atoms with E-state index in [2.05, 4.69) is 40.6 Å². The largest absolute Gasteiger partial charge is 0.361 e. The molecule has 2 aromatic heterocycles. The topological polar surface area (TPSA) is 62.1 Å². The average Bonchev–Trinajstić information content (AvgIpc) is 3.23. The number of nitrogens with one attached hydrogen (secondary N) is 1. The van der Waals surface area contributed by atoms with E-state index in [1.54, 1.807) is 0 Å². The van der Waals surface area contributed by atoms with Crippen LogP contribution >= 0.6 is 0 Å². The maximum atomic E-state index is 12.7. The van der Waals surface area contributed by atoms with Crippen LogP contribution < -0.4 is 0 Å². The SMILES string of the molecule is O=C(c1cc(C2CC2)on1)N1CCC(c2c[nH]c3ccccc23)CC1. The van der Waals surface area contributed by atoms with E-state index in [1.165, 1.54) is 16.5 Å². The van der Waals surface area contributed by atoms with Crippen molar-refractivity contribution in [2.24, 2.45) is 0 Å². The van der Waals surface area contributed by atoms with E-state index in [0.29, 0.717) is 17.5 Å². The summed E-state index contributed by atoms with van der Waals surface area (Å²) in [5, 5.41) is 5.29. The van der Waals surface area contributed by atoms with E-state index in [-0.39, 0.29) is 5.91 Å². The van der Waals surface area contributed by atoms with Crippen molar-refractivity contribution in [2.75, 3.05) is 13.1 Å². The van der Waals surface area contributed by atoms with Crippen LogP contribution in [0, 0.1) is 0 Å². The van der Waals surface area contributed by atoms with Gasteiger partial charge in [-0.1, -0.05) is 23.4 Å². The van der Waals surface area contributed by atoms with E-state index in [0.717, 1.165) is 44.5 Å². The summed E-state index contributed by atoms with van der Waals surface area (Å²) in [4.78, 5) is 17.9. The molecule has 25 heavy (non-hydrogen) atoms. The van der Waals surface area contributed by atoms with Crippen LogP contribution in [0.3, 0.4) is 0 Å². The second kappa shape index (κ2) is 5.76. The van der Waals surface area contributed by atoms with E-state index in [4.69, 9.17) is 4.52 Å². The number of likely N-dealkylation sites (tertiary alicyclic amines) is 1. The first-order valence-corrected chi connectivity index (χ1v) is 9.11. The van der Waals surface area contributed by atoms with E-state index in [9.17, 15) is 4.79 Å². The molecule has 1 saturated carbocycles. The second-order valence-corrected chi connectivity index (χ2v) is 7.24. The van der Waals surface area contributed by atoms with Gasteiger partial charge < -0.3 is 14.4 Å². The Morgan fingerprint density at radius 2 is 1.92 bits per heavy atom. The van der Waals surface area contributed by atoms with Crippen LogP contribution in [0.4, 0.5) is 0 Å². The number of benzene rings is 1. The third kappa shape index (κ3) is 2.64. The normalized spacial score (nSPS) is 18.8. The number of aromatic nitrogens is 2. The van der Waals surface area contributed by atoms with Gasteiger partial charge in [-0.25, -0.2) is 0 Å². The van der Waals surface area contributed by atoms with Crippen molar-refractivity contribution < 1.29 is 9.32 Å². The lowest BCUT2D eigenvalue weighted by molar-refractivity contribution is 0.0702. The summed E-state index contributed by atoms with van der Waals surface area (Å²) in [6.45, 7) is 1.54. The average molecular weight is 335 g/mol. The predicted octanol–water partition coefficient (Wildman–Crippen LogP) is 4.05. The summed E-state index contributed by atoms with van der Waals surface area (Å²) in [7, 11) is 0. The van der Waals surface area contributed by atoms with Crippen LogP contribution in [0.5, 0.6) is 0 Å². The van der Waals surface area contributed by atoms with E-state index >= 15 is 0 Å². The van der Waals surface area contributed by atoms with Gasteiger partial charge in [-0.3, -0.25) is 4.79 Å². The van der Waals surface area contributed by atoms with E-state index in [1.807, 2.05) is 11.0 Å². The smallest absolute Gasteiger partial charge is 0.276 e. The predicted molar refractivity (Wildman–Crippen MR) is 94.7 cm³/mol. The van der Waals surface area contributed by atoms with Gasteiger partial charge in [0.2, 0.25) is 0 Å². The number of carbonyl (C=O) groups is 1. The van der Waals surface area contributed by atoms with Crippen molar-refractivity contribution in [1.82, 2.24) is 15.0 Å².